The number of hydrogen-bond donors (Lipinski definition) is 0. The normalized spacial score (nSPS) is 40.5. The minimum absolute atomic E-state index is 0.0157. The van der Waals surface area contributed by atoms with Crippen LogP contribution < -0.4 is 0 Å². The Morgan fingerprint density at radius 1 is 1.18 bits per heavy atom. The number of rotatable bonds is 1. The maximum atomic E-state index is 12.4. The van der Waals surface area contributed by atoms with Crippen LogP contribution in [0.3, 0.4) is 0 Å². The Morgan fingerprint density at radius 3 is 2.86 bits per heavy atom. The van der Waals surface area contributed by atoms with Gasteiger partial charge >= 0.3 is 0 Å². The number of methoxy groups -OCH3 is 1. The van der Waals surface area contributed by atoms with Gasteiger partial charge in [-0.15, -0.1) is 0 Å². The summed E-state index contributed by atoms with van der Waals surface area (Å²) in [5.74, 6) is 3.53. The van der Waals surface area contributed by atoms with Crippen LogP contribution in [0.5, 0.6) is 0 Å². The summed E-state index contributed by atoms with van der Waals surface area (Å²) < 4.78 is 5.45. The van der Waals surface area contributed by atoms with E-state index in [-0.39, 0.29) is 5.41 Å². The van der Waals surface area contributed by atoms with Crippen LogP contribution in [-0.2, 0) is 9.53 Å². The molecule has 0 N–H and O–H groups in total. The highest BCUT2D eigenvalue weighted by Crippen LogP contribution is 2.58. The highest BCUT2D eigenvalue weighted by atomic mass is 16.5. The summed E-state index contributed by atoms with van der Waals surface area (Å²) in [4.78, 5) is 12.4. The molecule has 3 fully saturated rings. The van der Waals surface area contributed by atoms with Crippen LogP contribution in [0.15, 0.2) is 35.1 Å². The zero-order chi connectivity index (χ0) is 15.3. The summed E-state index contributed by atoms with van der Waals surface area (Å²) in [7, 11) is 1.75. The van der Waals surface area contributed by atoms with Gasteiger partial charge < -0.3 is 4.74 Å². The van der Waals surface area contributed by atoms with Crippen LogP contribution in [-0.4, -0.2) is 12.9 Å². The maximum absolute atomic E-state index is 12.4. The Hall–Kier alpha value is -1.31. The molecule has 4 rings (SSSR count). The van der Waals surface area contributed by atoms with E-state index in [0.29, 0.717) is 23.5 Å². The van der Waals surface area contributed by atoms with Crippen LogP contribution in [0.2, 0.25) is 0 Å². The first-order valence-electron chi connectivity index (χ1n) is 8.79. The number of ether oxygens (including phenoxy) is 1. The van der Waals surface area contributed by atoms with Crippen molar-refractivity contribution in [3.05, 3.63) is 35.1 Å². The predicted octanol–water partition coefficient (Wildman–Crippen LogP) is 4.58. The van der Waals surface area contributed by atoms with E-state index in [1.807, 2.05) is 0 Å². The quantitative estimate of drug-likeness (QED) is 0.708. The zero-order valence-electron chi connectivity index (χ0n) is 13.7. The first kappa shape index (κ1) is 14.3. The van der Waals surface area contributed by atoms with Gasteiger partial charge in [0.05, 0.1) is 7.11 Å². The number of ketones is 1. The van der Waals surface area contributed by atoms with Crippen molar-refractivity contribution in [3.8, 4) is 0 Å². The molecule has 2 heteroatoms. The molecule has 0 amide bonds. The van der Waals surface area contributed by atoms with E-state index in [4.69, 9.17) is 4.74 Å². The van der Waals surface area contributed by atoms with Crippen LogP contribution in [0.4, 0.5) is 0 Å². The van der Waals surface area contributed by atoms with Crippen LogP contribution in [0.1, 0.15) is 51.9 Å². The standard InChI is InChI=1S/C20H26O2/c1-20-10-9-16-14-4-5-15(22-2)12-13(11-14)3-6-17(16)18(20)7-8-19(20)21/h4-5,12,16-18H,3,6-11H2,1-2H3. The SMILES string of the molecule is COC1=CC=C2CC(=C1)CCC1C2CCC2(C)C(=O)CCC12. The molecule has 0 radical (unpaired) electrons. The molecular weight excluding hydrogens is 272 g/mol. The minimum Gasteiger partial charge on any atom is -0.497 e. The van der Waals surface area contributed by atoms with Crippen LogP contribution in [0.25, 0.3) is 0 Å². The molecule has 4 atom stereocenters. The first-order chi connectivity index (χ1) is 10.6. The average Bonchev–Trinajstić information content (AvgIpc) is 2.71. The Morgan fingerprint density at radius 2 is 2.05 bits per heavy atom. The lowest BCUT2D eigenvalue weighted by Crippen LogP contribution is -2.41. The molecule has 2 nitrogen and oxygen atoms in total. The van der Waals surface area contributed by atoms with Gasteiger partial charge in [-0.25, -0.2) is 0 Å². The third-order valence-corrected chi connectivity index (χ3v) is 6.90. The molecule has 0 spiro atoms. The maximum Gasteiger partial charge on any atom is 0.139 e. The second kappa shape index (κ2) is 5.11. The van der Waals surface area contributed by atoms with E-state index >= 15 is 0 Å². The fourth-order valence-corrected chi connectivity index (χ4v) is 5.63. The molecule has 0 aliphatic heterocycles. The van der Waals surface area contributed by atoms with Gasteiger partial charge in [0.15, 0.2) is 0 Å². The number of allylic oxidation sites excluding steroid dienone is 5. The van der Waals surface area contributed by atoms with E-state index < -0.39 is 0 Å². The number of carbonyl (C=O) groups excluding carboxylic acids is 1. The molecule has 4 unspecified atom stereocenters. The average molecular weight is 298 g/mol. The highest BCUT2D eigenvalue weighted by molar-refractivity contribution is 5.87. The zero-order valence-corrected chi connectivity index (χ0v) is 13.7. The minimum atomic E-state index is -0.0157. The molecule has 0 aromatic carbocycles. The summed E-state index contributed by atoms with van der Waals surface area (Å²) in [6.07, 6.45) is 14.4. The summed E-state index contributed by atoms with van der Waals surface area (Å²) in [5.41, 5.74) is 3.08. The van der Waals surface area contributed by atoms with Crippen molar-refractivity contribution in [3.63, 3.8) is 0 Å². The van der Waals surface area contributed by atoms with Crippen molar-refractivity contribution in [2.75, 3.05) is 7.11 Å². The van der Waals surface area contributed by atoms with E-state index in [1.54, 1.807) is 12.7 Å². The Bertz CT molecular complexity index is 595. The van der Waals surface area contributed by atoms with Crippen molar-refractivity contribution >= 4 is 5.78 Å². The molecule has 3 saturated carbocycles. The van der Waals surface area contributed by atoms with E-state index in [1.165, 1.54) is 24.8 Å². The molecule has 4 aliphatic carbocycles. The summed E-state index contributed by atoms with van der Waals surface area (Å²) in [6, 6.07) is 0. The Kier molecular flexibility index (Phi) is 3.32. The largest absolute Gasteiger partial charge is 0.497 e. The van der Waals surface area contributed by atoms with E-state index in [0.717, 1.165) is 31.4 Å². The van der Waals surface area contributed by atoms with Gasteiger partial charge in [0.25, 0.3) is 0 Å². The molecule has 22 heavy (non-hydrogen) atoms. The van der Waals surface area contributed by atoms with Crippen molar-refractivity contribution in [2.24, 2.45) is 23.2 Å². The van der Waals surface area contributed by atoms with Gasteiger partial charge in [-0.2, -0.15) is 0 Å². The number of fused-ring (bicyclic) bond motifs is 6. The van der Waals surface area contributed by atoms with E-state index in [2.05, 4.69) is 25.2 Å². The van der Waals surface area contributed by atoms with Gasteiger partial charge in [0, 0.05) is 11.8 Å². The van der Waals surface area contributed by atoms with Gasteiger partial charge in [0.2, 0.25) is 0 Å². The molecule has 0 aromatic rings. The van der Waals surface area contributed by atoms with Gasteiger partial charge in [-0.3, -0.25) is 4.79 Å². The smallest absolute Gasteiger partial charge is 0.139 e. The lowest BCUT2D eigenvalue weighted by Gasteiger charge is -2.45. The molecule has 118 valence electrons. The number of hydrogen-bond acceptors (Lipinski definition) is 2. The lowest BCUT2D eigenvalue weighted by atomic mass is 9.58. The highest BCUT2D eigenvalue weighted by Gasteiger charge is 2.54. The summed E-state index contributed by atoms with van der Waals surface area (Å²) >= 11 is 0. The summed E-state index contributed by atoms with van der Waals surface area (Å²) in [6.45, 7) is 2.25. The van der Waals surface area contributed by atoms with Crippen LogP contribution in [0, 0.1) is 23.2 Å². The van der Waals surface area contributed by atoms with Crippen molar-refractivity contribution in [1.82, 2.24) is 0 Å². The molecular formula is C20H26O2. The van der Waals surface area contributed by atoms with Crippen LogP contribution >= 0.6 is 0 Å². The topological polar surface area (TPSA) is 26.3 Å². The Labute approximate surface area is 133 Å². The van der Waals surface area contributed by atoms with Gasteiger partial charge in [0.1, 0.15) is 11.5 Å². The molecule has 0 aromatic heterocycles. The molecule has 0 heterocycles. The number of carbonyl (C=O) groups is 1. The third-order valence-electron chi connectivity index (χ3n) is 6.90. The first-order valence-corrected chi connectivity index (χ1v) is 8.79. The monoisotopic (exact) mass is 298 g/mol. The van der Waals surface area contributed by atoms with Gasteiger partial charge in [-0.1, -0.05) is 24.1 Å². The number of Topliss-reactive ketones (excluding diaryl/α,β-unsaturated/α-hetero) is 1. The molecule has 2 bridgehead atoms. The third kappa shape index (κ3) is 2.03. The Balaban J connectivity index is 1.70. The van der Waals surface area contributed by atoms with Crippen molar-refractivity contribution < 1.29 is 9.53 Å². The second-order valence-corrected chi connectivity index (χ2v) is 7.83. The fourth-order valence-electron chi connectivity index (χ4n) is 5.63. The molecule has 4 aliphatic rings. The molecule has 0 saturated heterocycles. The lowest BCUT2D eigenvalue weighted by molar-refractivity contribution is -0.129. The van der Waals surface area contributed by atoms with Gasteiger partial charge in [-0.05, 0) is 68.4 Å². The predicted molar refractivity (Wildman–Crippen MR) is 87.2 cm³/mol. The second-order valence-electron chi connectivity index (χ2n) is 7.83. The van der Waals surface area contributed by atoms with Crippen molar-refractivity contribution in [2.45, 2.75) is 51.9 Å². The fraction of sp³-hybridized carbons (Fsp3) is 0.650. The summed E-state index contributed by atoms with van der Waals surface area (Å²) in [5, 5.41) is 0. The van der Waals surface area contributed by atoms with E-state index in [9.17, 15) is 4.79 Å². The van der Waals surface area contributed by atoms with Crippen molar-refractivity contribution in [1.29, 1.82) is 0 Å².